The minimum absolute atomic E-state index is 0.0307. The lowest BCUT2D eigenvalue weighted by molar-refractivity contribution is -0.123. The van der Waals surface area contributed by atoms with Gasteiger partial charge in [-0.15, -0.1) is 0 Å². The van der Waals surface area contributed by atoms with Crippen LogP contribution in [0.1, 0.15) is 32.6 Å². The van der Waals surface area contributed by atoms with E-state index in [1.54, 1.807) is 31.1 Å². The molecule has 0 aromatic heterocycles. The monoisotopic (exact) mass is 195 g/mol. The van der Waals surface area contributed by atoms with Crippen LogP contribution in [0.25, 0.3) is 0 Å². The Kier molecular flexibility index (Phi) is 7.90. The summed E-state index contributed by atoms with van der Waals surface area (Å²) < 4.78 is 0. The number of nitrogens with zero attached hydrogens (tertiary/aromatic N) is 1. The molecule has 0 saturated heterocycles. The smallest absolute Gasteiger partial charge is 0.246 e. The van der Waals surface area contributed by atoms with Crippen LogP contribution < -0.4 is 0 Å². The normalized spacial score (nSPS) is 11.4. The van der Waals surface area contributed by atoms with Crippen LogP contribution in [0.4, 0.5) is 0 Å². The zero-order valence-electron chi connectivity index (χ0n) is 9.49. The van der Waals surface area contributed by atoms with Crippen molar-refractivity contribution in [2.24, 2.45) is 0 Å². The molecule has 2 heteroatoms. The Hall–Kier alpha value is -1.05. The van der Waals surface area contributed by atoms with Crippen molar-refractivity contribution >= 4 is 5.91 Å². The number of carbonyl (C=O) groups excluding carboxylic acids is 1. The van der Waals surface area contributed by atoms with Gasteiger partial charge in [-0.05, 0) is 12.8 Å². The van der Waals surface area contributed by atoms with Gasteiger partial charge in [0.25, 0.3) is 0 Å². The van der Waals surface area contributed by atoms with Crippen molar-refractivity contribution in [3.63, 3.8) is 0 Å². The van der Waals surface area contributed by atoms with Gasteiger partial charge in [-0.25, -0.2) is 0 Å². The fourth-order valence-electron chi connectivity index (χ4n) is 0.974. The Labute approximate surface area is 87.3 Å². The lowest BCUT2D eigenvalue weighted by atomic mass is 10.2. The van der Waals surface area contributed by atoms with Crippen LogP contribution in [-0.2, 0) is 4.79 Å². The number of carbonyl (C=O) groups is 1. The van der Waals surface area contributed by atoms with Crippen molar-refractivity contribution in [3.8, 4) is 0 Å². The fourth-order valence-corrected chi connectivity index (χ4v) is 0.974. The molecular weight excluding hydrogens is 174 g/mol. The molecule has 0 bridgehead atoms. The molecule has 0 N–H and O–H groups in total. The lowest BCUT2D eigenvalue weighted by Gasteiger charge is -2.04. The molecule has 0 aromatic rings. The SMILES string of the molecule is CCCCCC=C/C=C/C(=O)N(C)C. The largest absolute Gasteiger partial charge is 0.345 e. The maximum Gasteiger partial charge on any atom is 0.246 e. The Bertz CT molecular complexity index is 204. The lowest BCUT2D eigenvalue weighted by Crippen LogP contribution is -2.18. The highest BCUT2D eigenvalue weighted by Gasteiger charge is 1.93. The summed E-state index contributed by atoms with van der Waals surface area (Å²) in [6.45, 7) is 2.19. The predicted octanol–water partition coefficient (Wildman–Crippen LogP) is 2.77. The number of hydrogen-bond acceptors (Lipinski definition) is 1. The van der Waals surface area contributed by atoms with Gasteiger partial charge < -0.3 is 4.90 Å². The summed E-state index contributed by atoms with van der Waals surface area (Å²) in [7, 11) is 3.50. The van der Waals surface area contributed by atoms with Crippen molar-refractivity contribution < 1.29 is 4.79 Å². The minimum atomic E-state index is 0.0307. The third-order valence-electron chi connectivity index (χ3n) is 1.90. The average molecular weight is 195 g/mol. The van der Waals surface area contributed by atoms with Gasteiger partial charge in [0.05, 0.1) is 0 Å². The molecule has 0 aliphatic rings. The summed E-state index contributed by atoms with van der Waals surface area (Å²) in [5.41, 5.74) is 0. The van der Waals surface area contributed by atoms with Crippen LogP contribution in [0.15, 0.2) is 24.3 Å². The second kappa shape index (κ2) is 8.54. The van der Waals surface area contributed by atoms with Gasteiger partial charge >= 0.3 is 0 Å². The molecule has 80 valence electrons. The first kappa shape index (κ1) is 12.9. The molecule has 0 unspecified atom stereocenters. The summed E-state index contributed by atoms with van der Waals surface area (Å²) >= 11 is 0. The molecule has 2 nitrogen and oxygen atoms in total. The van der Waals surface area contributed by atoms with E-state index in [1.165, 1.54) is 19.3 Å². The van der Waals surface area contributed by atoms with Gasteiger partial charge in [-0.2, -0.15) is 0 Å². The summed E-state index contributed by atoms with van der Waals surface area (Å²) in [5, 5.41) is 0. The van der Waals surface area contributed by atoms with E-state index in [0.29, 0.717) is 0 Å². The molecule has 0 radical (unpaired) electrons. The van der Waals surface area contributed by atoms with E-state index in [0.717, 1.165) is 6.42 Å². The molecule has 1 amide bonds. The fraction of sp³-hybridized carbons (Fsp3) is 0.583. The second-order valence-electron chi connectivity index (χ2n) is 3.52. The molecular formula is C12H21NO. The second-order valence-corrected chi connectivity index (χ2v) is 3.52. The standard InChI is InChI=1S/C12H21NO/c1-4-5-6-7-8-9-10-11-12(14)13(2)3/h8-11H,4-7H2,1-3H3/b9-8?,11-10+. The summed E-state index contributed by atoms with van der Waals surface area (Å²) in [6, 6.07) is 0. The molecule has 0 fully saturated rings. The molecule has 0 heterocycles. The topological polar surface area (TPSA) is 20.3 Å². The maximum absolute atomic E-state index is 11.1. The van der Waals surface area contributed by atoms with Crippen LogP contribution in [-0.4, -0.2) is 24.9 Å². The van der Waals surface area contributed by atoms with Crippen LogP contribution in [0.3, 0.4) is 0 Å². The van der Waals surface area contributed by atoms with Crippen LogP contribution in [0.5, 0.6) is 0 Å². The number of hydrogen-bond donors (Lipinski definition) is 0. The Morgan fingerprint density at radius 3 is 2.50 bits per heavy atom. The molecule has 0 rings (SSSR count). The van der Waals surface area contributed by atoms with E-state index in [-0.39, 0.29) is 5.91 Å². The van der Waals surface area contributed by atoms with E-state index in [1.807, 2.05) is 6.08 Å². The quantitative estimate of drug-likeness (QED) is 0.362. The number of amides is 1. The minimum Gasteiger partial charge on any atom is -0.345 e. The van der Waals surface area contributed by atoms with Gasteiger partial charge in [-0.1, -0.05) is 38.0 Å². The van der Waals surface area contributed by atoms with Crippen molar-refractivity contribution in [2.75, 3.05) is 14.1 Å². The molecule has 0 aliphatic heterocycles. The highest BCUT2D eigenvalue weighted by atomic mass is 16.2. The third kappa shape index (κ3) is 7.59. The van der Waals surface area contributed by atoms with Crippen molar-refractivity contribution in [1.82, 2.24) is 4.90 Å². The van der Waals surface area contributed by atoms with Crippen LogP contribution >= 0.6 is 0 Å². The molecule has 0 spiro atoms. The highest BCUT2D eigenvalue weighted by Crippen LogP contribution is 1.99. The molecule has 0 aliphatic carbocycles. The van der Waals surface area contributed by atoms with Crippen molar-refractivity contribution in [2.45, 2.75) is 32.6 Å². The van der Waals surface area contributed by atoms with E-state index < -0.39 is 0 Å². The average Bonchev–Trinajstić information content (AvgIpc) is 2.16. The molecule has 0 aromatic carbocycles. The van der Waals surface area contributed by atoms with Gasteiger partial charge in [0.2, 0.25) is 5.91 Å². The van der Waals surface area contributed by atoms with E-state index in [2.05, 4.69) is 13.0 Å². The van der Waals surface area contributed by atoms with Crippen molar-refractivity contribution in [3.05, 3.63) is 24.3 Å². The highest BCUT2D eigenvalue weighted by molar-refractivity contribution is 5.87. The zero-order valence-corrected chi connectivity index (χ0v) is 9.49. The maximum atomic E-state index is 11.1. The molecule has 0 saturated carbocycles. The number of unbranched alkanes of at least 4 members (excludes halogenated alkanes) is 3. The Morgan fingerprint density at radius 2 is 1.93 bits per heavy atom. The molecule has 14 heavy (non-hydrogen) atoms. The Balaban J connectivity index is 3.55. The van der Waals surface area contributed by atoms with E-state index >= 15 is 0 Å². The number of rotatable bonds is 6. The van der Waals surface area contributed by atoms with Gasteiger partial charge in [0, 0.05) is 20.2 Å². The third-order valence-corrected chi connectivity index (χ3v) is 1.90. The zero-order chi connectivity index (χ0) is 10.8. The van der Waals surface area contributed by atoms with Crippen molar-refractivity contribution in [1.29, 1.82) is 0 Å². The summed E-state index contributed by atoms with van der Waals surface area (Å²) in [4.78, 5) is 12.6. The van der Waals surface area contributed by atoms with Gasteiger partial charge in [-0.3, -0.25) is 4.79 Å². The number of likely N-dealkylation sites (N-methyl/N-ethyl adjacent to an activating group) is 1. The molecule has 0 atom stereocenters. The number of allylic oxidation sites excluding steroid dienone is 3. The summed E-state index contributed by atoms with van der Waals surface area (Å²) in [5.74, 6) is 0.0307. The van der Waals surface area contributed by atoms with E-state index in [9.17, 15) is 4.79 Å². The first-order chi connectivity index (χ1) is 6.68. The van der Waals surface area contributed by atoms with Crippen LogP contribution in [0.2, 0.25) is 0 Å². The van der Waals surface area contributed by atoms with Crippen LogP contribution in [0, 0.1) is 0 Å². The van der Waals surface area contributed by atoms with Gasteiger partial charge in [0.15, 0.2) is 0 Å². The predicted molar refractivity (Wildman–Crippen MR) is 61.1 cm³/mol. The first-order valence-corrected chi connectivity index (χ1v) is 5.23. The van der Waals surface area contributed by atoms with Gasteiger partial charge in [0.1, 0.15) is 0 Å². The first-order valence-electron chi connectivity index (χ1n) is 5.23. The summed E-state index contributed by atoms with van der Waals surface area (Å²) in [6.07, 6.45) is 12.3. The Morgan fingerprint density at radius 1 is 1.21 bits per heavy atom. The van der Waals surface area contributed by atoms with E-state index in [4.69, 9.17) is 0 Å².